The van der Waals surface area contributed by atoms with Crippen LogP contribution in [0.15, 0.2) is 41.5 Å². The zero-order chi connectivity index (χ0) is 19.6. The van der Waals surface area contributed by atoms with Gasteiger partial charge in [0.2, 0.25) is 0 Å². The van der Waals surface area contributed by atoms with Crippen molar-refractivity contribution in [1.82, 2.24) is 19.7 Å². The van der Waals surface area contributed by atoms with Gasteiger partial charge < -0.3 is 19.3 Å². The van der Waals surface area contributed by atoms with Crippen molar-refractivity contribution in [3.05, 3.63) is 58.1 Å². The summed E-state index contributed by atoms with van der Waals surface area (Å²) in [6.07, 6.45) is 3.07. The van der Waals surface area contributed by atoms with Crippen LogP contribution < -0.4 is 5.56 Å². The van der Waals surface area contributed by atoms with E-state index in [0.29, 0.717) is 11.3 Å². The lowest BCUT2D eigenvalue weighted by Gasteiger charge is -2.16. The fourth-order valence-corrected chi connectivity index (χ4v) is 2.69. The number of methoxy groups -OCH3 is 1. The van der Waals surface area contributed by atoms with Crippen molar-refractivity contribution in [2.24, 2.45) is 0 Å². The number of fused-ring (bicyclic) bond motifs is 1. The topological polar surface area (TPSA) is 118 Å². The third kappa shape index (κ3) is 3.44. The molecule has 9 heteroatoms. The number of pyridine rings is 1. The standard InChI is InChI=1S/C18H18N4O5/c1-21(7-8-23)17(25)11-3-5-12(6-4-11)22-9-13-15(19-20-16(13)24)14(10-22)18(26)27-2/h3-6,9-10,23H,7-8H2,1-2H3,(H,20,24). The van der Waals surface area contributed by atoms with E-state index < -0.39 is 11.5 Å². The minimum absolute atomic E-state index is 0.116. The van der Waals surface area contributed by atoms with Crippen molar-refractivity contribution < 1.29 is 19.4 Å². The highest BCUT2D eigenvalue weighted by Crippen LogP contribution is 2.23. The summed E-state index contributed by atoms with van der Waals surface area (Å²) in [4.78, 5) is 37.6. The maximum absolute atomic E-state index is 12.2. The number of rotatable bonds is 5. The number of aromatic nitrogens is 3. The minimum atomic E-state index is -0.613. The molecule has 0 aromatic heterocycles. The van der Waals surface area contributed by atoms with Crippen molar-refractivity contribution in [2.45, 2.75) is 0 Å². The molecule has 140 valence electrons. The Morgan fingerprint density at radius 2 is 1.96 bits per heavy atom. The molecule has 0 aliphatic carbocycles. The summed E-state index contributed by atoms with van der Waals surface area (Å²) in [7, 11) is 2.85. The Bertz CT molecular complexity index is 1010. The van der Waals surface area contributed by atoms with Crippen molar-refractivity contribution in [2.75, 3.05) is 27.3 Å². The van der Waals surface area contributed by atoms with Crippen LogP contribution in [-0.4, -0.2) is 64.0 Å². The average Bonchev–Trinajstić information content (AvgIpc) is 3.07. The molecule has 1 aromatic rings. The summed E-state index contributed by atoms with van der Waals surface area (Å²) < 4.78 is 6.36. The molecular weight excluding hydrogens is 352 g/mol. The molecule has 2 heterocycles. The largest absolute Gasteiger partial charge is 0.465 e. The molecule has 0 saturated carbocycles. The molecule has 0 atom stereocenters. The molecule has 0 fully saturated rings. The molecular formula is C18H18N4O5. The van der Waals surface area contributed by atoms with Crippen LogP contribution in [0.2, 0.25) is 0 Å². The number of nitrogens with one attached hydrogen (secondary N) is 1. The predicted molar refractivity (Wildman–Crippen MR) is 96.2 cm³/mol. The monoisotopic (exact) mass is 370 g/mol. The first kappa shape index (κ1) is 18.3. The molecule has 27 heavy (non-hydrogen) atoms. The number of ether oxygens (including phenoxy) is 1. The van der Waals surface area contributed by atoms with Crippen LogP contribution in [0.3, 0.4) is 0 Å². The normalized spacial score (nSPS) is 10.8. The quantitative estimate of drug-likeness (QED) is 0.632. The Morgan fingerprint density at radius 3 is 2.59 bits per heavy atom. The van der Waals surface area contributed by atoms with Crippen molar-refractivity contribution >= 4 is 11.9 Å². The Kier molecular flexibility index (Phi) is 5.04. The second-order valence-electron chi connectivity index (χ2n) is 5.88. The lowest BCUT2D eigenvalue weighted by Crippen LogP contribution is -2.29. The highest BCUT2D eigenvalue weighted by Gasteiger charge is 2.22. The molecule has 2 aliphatic heterocycles. The van der Waals surface area contributed by atoms with E-state index in [2.05, 4.69) is 10.2 Å². The van der Waals surface area contributed by atoms with Gasteiger partial charge in [-0.1, -0.05) is 0 Å². The first-order chi connectivity index (χ1) is 13.0. The first-order valence-corrected chi connectivity index (χ1v) is 8.11. The van der Waals surface area contributed by atoms with Gasteiger partial charge >= 0.3 is 5.97 Å². The smallest absolute Gasteiger partial charge is 0.341 e. The van der Waals surface area contributed by atoms with E-state index in [0.717, 1.165) is 0 Å². The van der Waals surface area contributed by atoms with E-state index in [1.807, 2.05) is 0 Å². The number of aliphatic hydroxyl groups is 1. The molecule has 2 N–H and O–H groups in total. The van der Waals surface area contributed by atoms with Gasteiger partial charge in [-0.3, -0.25) is 9.59 Å². The number of carbonyl (C=O) groups excluding carboxylic acids is 2. The molecule has 1 aromatic carbocycles. The Hall–Kier alpha value is -3.46. The second-order valence-corrected chi connectivity index (χ2v) is 5.88. The third-order valence-corrected chi connectivity index (χ3v) is 4.16. The van der Waals surface area contributed by atoms with Crippen molar-refractivity contribution in [3.63, 3.8) is 0 Å². The summed E-state index contributed by atoms with van der Waals surface area (Å²) in [6, 6.07) is 6.65. The number of esters is 1. The molecule has 9 nitrogen and oxygen atoms in total. The van der Waals surface area contributed by atoms with E-state index in [9.17, 15) is 14.4 Å². The van der Waals surface area contributed by atoms with Crippen LogP contribution in [0.4, 0.5) is 0 Å². The number of H-pyrrole nitrogens is 1. The average molecular weight is 370 g/mol. The van der Waals surface area contributed by atoms with Gasteiger partial charge in [0.05, 0.1) is 19.3 Å². The third-order valence-electron chi connectivity index (χ3n) is 4.16. The van der Waals surface area contributed by atoms with Crippen LogP contribution >= 0.6 is 0 Å². The summed E-state index contributed by atoms with van der Waals surface area (Å²) in [5.41, 5.74) is 1.32. The number of benzene rings is 1. The van der Waals surface area contributed by atoms with Gasteiger partial charge in [0.15, 0.2) is 0 Å². The number of nitrogens with zero attached hydrogens (tertiary/aromatic N) is 3. The van der Waals surface area contributed by atoms with Crippen LogP contribution in [0.5, 0.6) is 0 Å². The van der Waals surface area contributed by atoms with E-state index >= 15 is 0 Å². The van der Waals surface area contributed by atoms with Crippen LogP contribution in [0.25, 0.3) is 16.9 Å². The molecule has 1 amide bonds. The van der Waals surface area contributed by atoms with Gasteiger partial charge in [-0.2, -0.15) is 5.10 Å². The number of hydrogen-bond donors (Lipinski definition) is 2. The summed E-state index contributed by atoms with van der Waals surface area (Å²) in [5, 5.41) is 15.1. The van der Waals surface area contributed by atoms with Gasteiger partial charge in [-0.25, -0.2) is 9.89 Å². The molecule has 0 spiro atoms. The SMILES string of the molecule is COC(=O)c1cn(-c2ccc(C(=O)N(C)CCO)cc2)cc2c(=O)[nH]nc1-2. The molecule has 0 radical (unpaired) electrons. The van der Waals surface area contributed by atoms with E-state index in [-0.39, 0.29) is 35.9 Å². The number of hydrogen-bond acceptors (Lipinski definition) is 6. The number of amides is 1. The van der Waals surface area contributed by atoms with Crippen LogP contribution in [-0.2, 0) is 4.74 Å². The number of carbonyl (C=O) groups is 2. The first-order valence-electron chi connectivity index (χ1n) is 8.11. The van der Waals surface area contributed by atoms with Gasteiger partial charge in [-0.05, 0) is 24.3 Å². The number of likely N-dealkylation sites (N-methyl/N-ethyl adjacent to an activating group) is 1. The molecule has 0 saturated heterocycles. The molecule has 0 unspecified atom stereocenters. The van der Waals surface area contributed by atoms with Crippen molar-refractivity contribution in [3.8, 4) is 16.9 Å². The highest BCUT2D eigenvalue weighted by atomic mass is 16.5. The minimum Gasteiger partial charge on any atom is -0.465 e. The highest BCUT2D eigenvalue weighted by molar-refractivity contribution is 5.96. The lowest BCUT2D eigenvalue weighted by atomic mass is 10.1. The van der Waals surface area contributed by atoms with E-state index in [1.165, 1.54) is 18.2 Å². The summed E-state index contributed by atoms with van der Waals surface area (Å²) in [5.74, 6) is -0.832. The van der Waals surface area contributed by atoms with Gasteiger partial charge in [0, 0.05) is 37.2 Å². The van der Waals surface area contributed by atoms with Crippen molar-refractivity contribution in [1.29, 1.82) is 0 Å². The Balaban J connectivity index is 2.01. The van der Waals surface area contributed by atoms with Crippen LogP contribution in [0.1, 0.15) is 20.7 Å². The summed E-state index contributed by atoms with van der Waals surface area (Å²) >= 11 is 0. The summed E-state index contributed by atoms with van der Waals surface area (Å²) in [6.45, 7) is 0.121. The lowest BCUT2D eigenvalue weighted by molar-refractivity contribution is 0.0600. The fraction of sp³-hybridized carbons (Fsp3) is 0.222. The Morgan fingerprint density at radius 1 is 1.26 bits per heavy atom. The van der Waals surface area contributed by atoms with Gasteiger partial charge in [0.1, 0.15) is 11.3 Å². The predicted octanol–water partition coefficient (Wildman–Crippen LogP) is 0.516. The molecule has 2 aliphatic rings. The van der Waals surface area contributed by atoms with Gasteiger partial charge in [-0.15, -0.1) is 0 Å². The van der Waals surface area contributed by atoms with Crippen LogP contribution in [0, 0.1) is 0 Å². The zero-order valence-electron chi connectivity index (χ0n) is 14.8. The molecule has 3 rings (SSSR count). The van der Waals surface area contributed by atoms with E-state index in [4.69, 9.17) is 9.84 Å². The fourth-order valence-electron chi connectivity index (χ4n) is 2.69. The number of aromatic amines is 1. The maximum atomic E-state index is 12.2. The molecule has 0 bridgehead atoms. The maximum Gasteiger partial charge on any atom is 0.341 e. The zero-order valence-corrected chi connectivity index (χ0v) is 14.8. The second kappa shape index (κ2) is 7.42. The Labute approximate surface area is 154 Å². The van der Waals surface area contributed by atoms with Gasteiger partial charge in [0.25, 0.3) is 11.5 Å². The van der Waals surface area contributed by atoms with E-state index in [1.54, 1.807) is 42.1 Å². The number of aliphatic hydroxyl groups excluding tert-OH is 1.